The topological polar surface area (TPSA) is 72.5 Å². The molecule has 0 unspecified atom stereocenters. The van der Waals surface area contributed by atoms with Gasteiger partial charge in [-0.1, -0.05) is 41.4 Å². The summed E-state index contributed by atoms with van der Waals surface area (Å²) in [6.07, 6.45) is 0. The van der Waals surface area contributed by atoms with Gasteiger partial charge >= 0.3 is 5.97 Å². The van der Waals surface area contributed by atoms with E-state index in [1.54, 1.807) is 12.1 Å². The highest BCUT2D eigenvalue weighted by Gasteiger charge is 2.15. The molecule has 7 heteroatoms. The van der Waals surface area contributed by atoms with Crippen molar-refractivity contribution in [1.82, 2.24) is 0 Å². The predicted octanol–water partition coefficient (Wildman–Crippen LogP) is 3.38. The summed E-state index contributed by atoms with van der Waals surface area (Å²) < 4.78 is 31.5. The number of hydrogen-bond donors (Lipinski definition) is 1. The monoisotopic (exact) mass is 353 g/mol. The summed E-state index contributed by atoms with van der Waals surface area (Å²) in [6.45, 7) is 1.93. The van der Waals surface area contributed by atoms with E-state index in [1.165, 1.54) is 25.3 Å². The molecule has 0 saturated carbocycles. The van der Waals surface area contributed by atoms with E-state index in [1.807, 2.05) is 19.1 Å². The Bertz CT molecular complexity index is 816. The van der Waals surface area contributed by atoms with E-state index in [2.05, 4.69) is 9.46 Å². The molecule has 0 saturated heterocycles. The van der Waals surface area contributed by atoms with Crippen LogP contribution in [0.2, 0.25) is 5.02 Å². The summed E-state index contributed by atoms with van der Waals surface area (Å²) in [7, 11) is -2.38. The van der Waals surface area contributed by atoms with Crippen molar-refractivity contribution in [3.8, 4) is 0 Å². The van der Waals surface area contributed by atoms with E-state index in [-0.39, 0.29) is 22.0 Å². The largest absolute Gasteiger partial charge is 0.465 e. The lowest BCUT2D eigenvalue weighted by Crippen LogP contribution is -2.15. The number of halogens is 1. The molecule has 0 spiro atoms. The van der Waals surface area contributed by atoms with Crippen LogP contribution in [0.5, 0.6) is 0 Å². The average molecular weight is 354 g/mol. The van der Waals surface area contributed by atoms with Gasteiger partial charge in [0.25, 0.3) is 0 Å². The van der Waals surface area contributed by atoms with Crippen LogP contribution < -0.4 is 4.72 Å². The minimum atomic E-state index is -3.61. The molecule has 0 aliphatic carbocycles. The lowest BCUT2D eigenvalue weighted by molar-refractivity contribution is 0.0601. The van der Waals surface area contributed by atoms with Crippen LogP contribution in [-0.2, 0) is 20.5 Å². The highest BCUT2D eigenvalue weighted by atomic mass is 35.5. The molecular formula is C16H16ClNO4S. The lowest BCUT2D eigenvalue weighted by atomic mass is 10.2. The number of sulfonamides is 1. The maximum atomic E-state index is 12.2. The minimum Gasteiger partial charge on any atom is -0.465 e. The first kappa shape index (κ1) is 17.3. The lowest BCUT2D eigenvalue weighted by Gasteiger charge is -2.10. The van der Waals surface area contributed by atoms with Crippen LogP contribution in [0.4, 0.5) is 5.69 Å². The Kier molecular flexibility index (Phi) is 5.28. The first-order valence-electron chi connectivity index (χ1n) is 6.74. The van der Waals surface area contributed by atoms with Gasteiger partial charge in [0.1, 0.15) is 0 Å². The number of benzene rings is 2. The molecule has 122 valence electrons. The second kappa shape index (κ2) is 7.02. The summed E-state index contributed by atoms with van der Waals surface area (Å²) in [5, 5.41) is 0.193. The second-order valence-electron chi connectivity index (χ2n) is 5.03. The quantitative estimate of drug-likeness (QED) is 0.836. The standard InChI is InChI=1S/C16H16ClNO4S/c1-11-3-5-12(6-4-11)10-23(20,21)18-13-7-8-15(17)14(9-13)16(19)22-2/h3-9,18H,10H2,1-2H3. The predicted molar refractivity (Wildman–Crippen MR) is 90.2 cm³/mol. The zero-order chi connectivity index (χ0) is 17.0. The molecule has 5 nitrogen and oxygen atoms in total. The van der Waals surface area contributed by atoms with Crippen LogP contribution in [0.15, 0.2) is 42.5 Å². The average Bonchev–Trinajstić information content (AvgIpc) is 2.50. The maximum Gasteiger partial charge on any atom is 0.339 e. The second-order valence-corrected chi connectivity index (χ2v) is 7.16. The molecule has 2 rings (SSSR count). The molecular weight excluding hydrogens is 338 g/mol. The number of ether oxygens (including phenoxy) is 1. The Morgan fingerprint density at radius 2 is 1.83 bits per heavy atom. The third-order valence-electron chi connectivity index (χ3n) is 3.12. The molecule has 1 N–H and O–H groups in total. The van der Waals surface area contributed by atoms with Crippen molar-refractivity contribution in [2.24, 2.45) is 0 Å². The van der Waals surface area contributed by atoms with Gasteiger partial charge in [-0.05, 0) is 30.7 Å². The van der Waals surface area contributed by atoms with E-state index in [0.717, 1.165) is 5.56 Å². The number of hydrogen-bond acceptors (Lipinski definition) is 4. The number of rotatable bonds is 5. The molecule has 0 aliphatic heterocycles. The smallest absolute Gasteiger partial charge is 0.339 e. The van der Waals surface area contributed by atoms with Gasteiger partial charge < -0.3 is 4.74 Å². The zero-order valence-corrected chi connectivity index (χ0v) is 14.2. The SMILES string of the molecule is COC(=O)c1cc(NS(=O)(=O)Cc2ccc(C)cc2)ccc1Cl. The summed E-state index contributed by atoms with van der Waals surface area (Å²) in [4.78, 5) is 11.6. The highest BCUT2D eigenvalue weighted by molar-refractivity contribution is 7.91. The summed E-state index contributed by atoms with van der Waals surface area (Å²) in [5.74, 6) is -0.793. The fraction of sp³-hybridized carbons (Fsp3) is 0.188. The molecule has 2 aromatic rings. The number of esters is 1. The Labute approximate surface area is 140 Å². The van der Waals surface area contributed by atoms with Crippen LogP contribution in [0.1, 0.15) is 21.5 Å². The van der Waals surface area contributed by atoms with Gasteiger partial charge in [-0.15, -0.1) is 0 Å². The number of aryl methyl sites for hydroxylation is 1. The number of carbonyl (C=O) groups is 1. The third kappa shape index (κ3) is 4.71. The van der Waals surface area contributed by atoms with E-state index < -0.39 is 16.0 Å². The molecule has 0 bridgehead atoms. The number of nitrogens with one attached hydrogen (secondary N) is 1. The van der Waals surface area contributed by atoms with Crippen molar-refractivity contribution in [3.05, 3.63) is 64.2 Å². The van der Waals surface area contributed by atoms with Crippen molar-refractivity contribution in [3.63, 3.8) is 0 Å². The first-order valence-corrected chi connectivity index (χ1v) is 8.77. The van der Waals surface area contributed by atoms with Gasteiger partial charge in [-0.3, -0.25) is 4.72 Å². The highest BCUT2D eigenvalue weighted by Crippen LogP contribution is 2.22. The Morgan fingerprint density at radius 1 is 1.17 bits per heavy atom. The summed E-state index contributed by atoms with van der Waals surface area (Å²) in [6, 6.07) is 11.5. The van der Waals surface area contributed by atoms with Crippen LogP contribution >= 0.6 is 11.6 Å². The van der Waals surface area contributed by atoms with Crippen molar-refractivity contribution in [2.75, 3.05) is 11.8 Å². The van der Waals surface area contributed by atoms with Gasteiger partial charge in [0.2, 0.25) is 10.0 Å². The Morgan fingerprint density at radius 3 is 2.43 bits per heavy atom. The zero-order valence-electron chi connectivity index (χ0n) is 12.7. The molecule has 0 aromatic heterocycles. The molecule has 0 atom stereocenters. The number of carbonyl (C=O) groups excluding carboxylic acids is 1. The summed E-state index contributed by atoms with van der Waals surface area (Å²) >= 11 is 5.91. The molecule has 0 aliphatic rings. The van der Waals surface area contributed by atoms with Crippen LogP contribution in [0.25, 0.3) is 0 Å². The number of anilines is 1. The Hall–Kier alpha value is -2.05. The van der Waals surface area contributed by atoms with Gasteiger partial charge in [0, 0.05) is 5.69 Å². The fourth-order valence-electron chi connectivity index (χ4n) is 1.97. The minimum absolute atomic E-state index is 0.102. The number of methoxy groups -OCH3 is 1. The van der Waals surface area contributed by atoms with Crippen molar-refractivity contribution in [1.29, 1.82) is 0 Å². The van der Waals surface area contributed by atoms with Crippen LogP contribution in [0, 0.1) is 6.92 Å². The van der Waals surface area contributed by atoms with Crippen molar-refractivity contribution >= 4 is 33.3 Å². The van der Waals surface area contributed by atoms with E-state index in [4.69, 9.17) is 11.6 Å². The van der Waals surface area contributed by atoms with Crippen molar-refractivity contribution in [2.45, 2.75) is 12.7 Å². The molecule has 0 radical (unpaired) electrons. The molecule has 23 heavy (non-hydrogen) atoms. The molecule has 0 amide bonds. The molecule has 0 fully saturated rings. The van der Waals surface area contributed by atoms with Gasteiger partial charge in [-0.2, -0.15) is 0 Å². The van der Waals surface area contributed by atoms with Crippen LogP contribution in [0.3, 0.4) is 0 Å². The third-order valence-corrected chi connectivity index (χ3v) is 4.71. The molecule has 2 aromatic carbocycles. The van der Waals surface area contributed by atoms with E-state index in [9.17, 15) is 13.2 Å². The fourth-order valence-corrected chi connectivity index (χ4v) is 3.36. The Balaban J connectivity index is 2.20. The van der Waals surface area contributed by atoms with E-state index in [0.29, 0.717) is 5.56 Å². The van der Waals surface area contributed by atoms with E-state index >= 15 is 0 Å². The van der Waals surface area contributed by atoms with Gasteiger partial charge in [-0.25, -0.2) is 13.2 Å². The first-order chi connectivity index (χ1) is 10.8. The normalized spacial score (nSPS) is 11.1. The van der Waals surface area contributed by atoms with Crippen LogP contribution in [-0.4, -0.2) is 21.5 Å². The maximum absolute atomic E-state index is 12.2. The summed E-state index contributed by atoms with van der Waals surface area (Å²) in [5.41, 5.74) is 2.08. The van der Waals surface area contributed by atoms with Gasteiger partial charge in [0.15, 0.2) is 0 Å². The van der Waals surface area contributed by atoms with Crippen molar-refractivity contribution < 1.29 is 17.9 Å². The van der Waals surface area contributed by atoms with Gasteiger partial charge in [0.05, 0.1) is 23.4 Å². The molecule has 0 heterocycles.